The van der Waals surface area contributed by atoms with Gasteiger partial charge in [-0.1, -0.05) is 0 Å². The van der Waals surface area contributed by atoms with E-state index in [9.17, 15) is 4.79 Å². The van der Waals surface area contributed by atoms with Crippen LogP contribution in [0.25, 0.3) is 11.0 Å². The predicted octanol–water partition coefficient (Wildman–Crippen LogP) is 1.83. The SMILES string of the molecule is Cc1c(C)n(C)c2[nH]c(=O)c(N)c(Br)c12. The smallest absolute Gasteiger partial charge is 0.273 e. The van der Waals surface area contributed by atoms with E-state index in [1.807, 2.05) is 25.5 Å². The summed E-state index contributed by atoms with van der Waals surface area (Å²) in [4.78, 5) is 14.3. The molecule has 2 aromatic heterocycles. The molecule has 0 aliphatic carbocycles. The number of nitrogens with one attached hydrogen (secondary N) is 1. The lowest BCUT2D eigenvalue weighted by Gasteiger charge is -2.01. The molecule has 0 atom stereocenters. The molecular weight excluding hydrogens is 258 g/mol. The third-order valence-electron chi connectivity index (χ3n) is 2.93. The number of fused-ring (bicyclic) bond motifs is 1. The van der Waals surface area contributed by atoms with Crippen molar-refractivity contribution in [1.82, 2.24) is 9.55 Å². The van der Waals surface area contributed by atoms with Crippen molar-refractivity contribution in [2.45, 2.75) is 13.8 Å². The van der Waals surface area contributed by atoms with E-state index in [1.54, 1.807) is 0 Å². The van der Waals surface area contributed by atoms with Crippen LogP contribution in [-0.2, 0) is 7.05 Å². The summed E-state index contributed by atoms with van der Waals surface area (Å²) < 4.78 is 2.64. The quantitative estimate of drug-likeness (QED) is 0.767. The van der Waals surface area contributed by atoms with Gasteiger partial charge in [0.05, 0.1) is 4.47 Å². The molecule has 0 unspecified atom stereocenters. The summed E-state index contributed by atoms with van der Waals surface area (Å²) in [6.45, 7) is 4.02. The summed E-state index contributed by atoms with van der Waals surface area (Å²) in [6.07, 6.45) is 0. The number of pyridine rings is 1. The molecule has 0 amide bonds. The van der Waals surface area contributed by atoms with E-state index in [2.05, 4.69) is 20.9 Å². The molecule has 3 N–H and O–H groups in total. The van der Waals surface area contributed by atoms with Crippen molar-refractivity contribution in [1.29, 1.82) is 0 Å². The van der Waals surface area contributed by atoms with E-state index in [1.165, 1.54) is 0 Å². The number of nitrogens with two attached hydrogens (primary N) is 1. The van der Waals surface area contributed by atoms with E-state index in [0.717, 1.165) is 22.3 Å². The molecule has 2 aromatic rings. The standard InChI is InChI=1S/C10H12BrN3O/c1-4-5(2)14(3)9-6(4)7(11)8(12)10(15)13-9/h12H2,1-3H3,(H,13,15). The minimum absolute atomic E-state index is 0.233. The number of halogens is 1. The van der Waals surface area contributed by atoms with Crippen molar-refractivity contribution >= 4 is 32.7 Å². The van der Waals surface area contributed by atoms with Crippen LogP contribution >= 0.6 is 15.9 Å². The number of nitrogen functional groups attached to an aromatic ring is 1. The molecule has 0 saturated carbocycles. The second-order valence-corrected chi connectivity index (χ2v) is 4.47. The van der Waals surface area contributed by atoms with Crippen LogP contribution in [0, 0.1) is 13.8 Å². The number of rotatable bonds is 0. The van der Waals surface area contributed by atoms with Crippen molar-refractivity contribution in [3.8, 4) is 0 Å². The van der Waals surface area contributed by atoms with Crippen LogP contribution in [0.15, 0.2) is 9.27 Å². The Morgan fingerprint density at radius 1 is 1.40 bits per heavy atom. The number of nitrogens with zero attached hydrogens (tertiary/aromatic N) is 1. The molecule has 15 heavy (non-hydrogen) atoms. The number of aromatic nitrogens is 2. The Labute approximate surface area is 95.2 Å². The maximum Gasteiger partial charge on any atom is 0.273 e. The van der Waals surface area contributed by atoms with Gasteiger partial charge in [0, 0.05) is 18.1 Å². The topological polar surface area (TPSA) is 63.8 Å². The van der Waals surface area contributed by atoms with Gasteiger partial charge in [-0.15, -0.1) is 0 Å². The Hall–Kier alpha value is -1.23. The average Bonchev–Trinajstić information content (AvgIpc) is 2.40. The second-order valence-electron chi connectivity index (χ2n) is 3.67. The van der Waals surface area contributed by atoms with Crippen molar-refractivity contribution in [2.75, 3.05) is 5.73 Å². The highest BCUT2D eigenvalue weighted by molar-refractivity contribution is 9.10. The summed E-state index contributed by atoms with van der Waals surface area (Å²) in [7, 11) is 1.92. The number of aryl methyl sites for hydroxylation is 2. The number of anilines is 1. The van der Waals surface area contributed by atoms with Crippen LogP contribution in [0.3, 0.4) is 0 Å². The second kappa shape index (κ2) is 3.13. The van der Waals surface area contributed by atoms with Crippen molar-refractivity contribution in [3.05, 3.63) is 26.1 Å². The highest BCUT2D eigenvalue weighted by Gasteiger charge is 2.15. The Kier molecular flexibility index (Phi) is 2.15. The monoisotopic (exact) mass is 269 g/mol. The van der Waals surface area contributed by atoms with Gasteiger partial charge in [-0.3, -0.25) is 4.79 Å². The van der Waals surface area contributed by atoms with E-state index in [0.29, 0.717) is 4.47 Å². The molecule has 0 aromatic carbocycles. The molecule has 5 heteroatoms. The molecule has 2 rings (SSSR count). The molecule has 0 bridgehead atoms. The minimum atomic E-state index is -0.255. The van der Waals surface area contributed by atoms with Crippen molar-refractivity contribution < 1.29 is 0 Å². The lowest BCUT2D eigenvalue weighted by molar-refractivity contribution is 0.893. The summed E-state index contributed by atoms with van der Waals surface area (Å²) in [6, 6.07) is 0. The van der Waals surface area contributed by atoms with Crippen LogP contribution in [0.2, 0.25) is 0 Å². The molecule has 0 radical (unpaired) electrons. The fraction of sp³-hybridized carbons (Fsp3) is 0.300. The van der Waals surface area contributed by atoms with Gasteiger partial charge in [-0.2, -0.15) is 0 Å². The summed E-state index contributed by atoms with van der Waals surface area (Å²) in [5.74, 6) is 0. The first-order valence-electron chi connectivity index (χ1n) is 4.58. The zero-order valence-corrected chi connectivity index (χ0v) is 10.4. The van der Waals surface area contributed by atoms with Crippen LogP contribution in [0.1, 0.15) is 11.3 Å². The molecule has 2 heterocycles. The highest BCUT2D eigenvalue weighted by atomic mass is 79.9. The third-order valence-corrected chi connectivity index (χ3v) is 3.75. The first kappa shape index (κ1) is 10.3. The van der Waals surface area contributed by atoms with Crippen LogP contribution in [0.4, 0.5) is 5.69 Å². The van der Waals surface area contributed by atoms with E-state index in [-0.39, 0.29) is 11.2 Å². The Balaban J connectivity index is 3.13. The summed E-state index contributed by atoms with van der Waals surface area (Å²) in [5.41, 5.74) is 8.70. The van der Waals surface area contributed by atoms with Gasteiger partial charge < -0.3 is 15.3 Å². The largest absolute Gasteiger partial charge is 0.393 e. The number of hydrogen-bond donors (Lipinski definition) is 2. The average molecular weight is 270 g/mol. The maximum atomic E-state index is 11.5. The lowest BCUT2D eigenvalue weighted by Crippen LogP contribution is -2.13. The van der Waals surface area contributed by atoms with Gasteiger partial charge in [0.25, 0.3) is 5.56 Å². The number of hydrogen-bond acceptors (Lipinski definition) is 2. The molecule has 0 saturated heterocycles. The van der Waals surface area contributed by atoms with Gasteiger partial charge in [0.2, 0.25) is 0 Å². The van der Waals surface area contributed by atoms with Crippen molar-refractivity contribution in [2.24, 2.45) is 7.05 Å². The van der Waals surface area contributed by atoms with Gasteiger partial charge in [-0.05, 0) is 35.3 Å². The van der Waals surface area contributed by atoms with Crippen LogP contribution < -0.4 is 11.3 Å². The molecule has 0 fully saturated rings. The van der Waals surface area contributed by atoms with Crippen LogP contribution in [0.5, 0.6) is 0 Å². The predicted molar refractivity (Wildman–Crippen MR) is 65.1 cm³/mol. The Morgan fingerprint density at radius 3 is 2.60 bits per heavy atom. The lowest BCUT2D eigenvalue weighted by atomic mass is 10.2. The number of H-pyrrole nitrogens is 1. The normalized spacial score (nSPS) is 11.2. The van der Waals surface area contributed by atoms with E-state index < -0.39 is 0 Å². The number of aromatic amines is 1. The van der Waals surface area contributed by atoms with E-state index in [4.69, 9.17) is 5.73 Å². The molecule has 4 nitrogen and oxygen atoms in total. The summed E-state index contributed by atoms with van der Waals surface area (Å²) >= 11 is 3.37. The molecule has 0 aliphatic rings. The molecule has 0 spiro atoms. The fourth-order valence-electron chi connectivity index (χ4n) is 1.77. The maximum absolute atomic E-state index is 11.5. The minimum Gasteiger partial charge on any atom is -0.393 e. The van der Waals surface area contributed by atoms with Gasteiger partial charge >= 0.3 is 0 Å². The molecule has 80 valence electrons. The van der Waals surface area contributed by atoms with Gasteiger partial charge in [0.1, 0.15) is 11.3 Å². The van der Waals surface area contributed by atoms with E-state index >= 15 is 0 Å². The summed E-state index contributed by atoms with van der Waals surface area (Å²) in [5, 5.41) is 0.979. The zero-order valence-electron chi connectivity index (χ0n) is 8.81. The first-order valence-corrected chi connectivity index (χ1v) is 5.37. The zero-order chi connectivity index (χ0) is 11.3. The first-order chi connectivity index (χ1) is 6.95. The third kappa shape index (κ3) is 1.23. The molecular formula is C10H12BrN3O. The van der Waals surface area contributed by atoms with Gasteiger partial charge in [0.15, 0.2) is 0 Å². The van der Waals surface area contributed by atoms with Gasteiger partial charge in [-0.25, -0.2) is 0 Å². The fourth-order valence-corrected chi connectivity index (χ4v) is 2.43. The van der Waals surface area contributed by atoms with Crippen molar-refractivity contribution in [3.63, 3.8) is 0 Å². The molecule has 0 aliphatic heterocycles. The highest BCUT2D eigenvalue weighted by Crippen LogP contribution is 2.31. The Morgan fingerprint density at radius 2 is 2.00 bits per heavy atom. The van der Waals surface area contributed by atoms with Crippen LogP contribution in [-0.4, -0.2) is 9.55 Å². The Bertz CT molecular complexity index is 609.